The van der Waals surface area contributed by atoms with Crippen molar-refractivity contribution in [2.45, 2.75) is 83.0 Å². The van der Waals surface area contributed by atoms with Gasteiger partial charge in [0.25, 0.3) is 0 Å². The van der Waals surface area contributed by atoms with Crippen LogP contribution in [0.15, 0.2) is 0 Å². The highest BCUT2D eigenvalue weighted by Crippen LogP contribution is 2.08. The number of carbonyl (C=O) groups is 6. The third kappa shape index (κ3) is 13.5. The third-order valence-corrected chi connectivity index (χ3v) is 4.82. The van der Waals surface area contributed by atoms with E-state index in [2.05, 4.69) is 16.0 Å². The van der Waals surface area contributed by atoms with Gasteiger partial charge in [0.05, 0.1) is 18.5 Å². The minimum Gasteiger partial charge on any atom is -0.481 e. The summed E-state index contributed by atoms with van der Waals surface area (Å²) in [4.78, 5) is 71.0. The first-order valence-electron chi connectivity index (χ1n) is 11.2. The van der Waals surface area contributed by atoms with Crippen LogP contribution in [0.2, 0.25) is 0 Å². The topological polar surface area (TPSA) is 231 Å². The van der Waals surface area contributed by atoms with E-state index in [9.17, 15) is 28.8 Å². The fourth-order valence-corrected chi connectivity index (χ4v) is 3.01. The van der Waals surface area contributed by atoms with Gasteiger partial charge in [0, 0.05) is 6.42 Å². The number of hydrogen-bond acceptors (Lipinski definition) is 8. The molecule has 0 bridgehead atoms. The van der Waals surface area contributed by atoms with Crippen molar-refractivity contribution < 1.29 is 39.0 Å². The molecule has 13 nitrogen and oxygen atoms in total. The van der Waals surface area contributed by atoms with E-state index in [0.717, 1.165) is 0 Å². The van der Waals surface area contributed by atoms with Crippen LogP contribution < -0.4 is 27.4 Å². The summed E-state index contributed by atoms with van der Waals surface area (Å²) in [5.74, 6) is -4.96. The van der Waals surface area contributed by atoms with Crippen molar-refractivity contribution in [1.82, 2.24) is 16.0 Å². The van der Waals surface area contributed by atoms with Gasteiger partial charge < -0.3 is 42.4 Å². The number of rotatable bonds is 18. The Morgan fingerprint density at radius 2 is 1.44 bits per heavy atom. The van der Waals surface area contributed by atoms with E-state index in [1.54, 1.807) is 13.8 Å². The molecule has 0 spiro atoms. The van der Waals surface area contributed by atoms with Gasteiger partial charge in [-0.25, -0.2) is 0 Å². The van der Waals surface area contributed by atoms with Gasteiger partial charge in [0.2, 0.25) is 17.7 Å². The van der Waals surface area contributed by atoms with Gasteiger partial charge in [-0.2, -0.15) is 0 Å². The first-order valence-corrected chi connectivity index (χ1v) is 11.2. The maximum atomic E-state index is 12.8. The van der Waals surface area contributed by atoms with Gasteiger partial charge in [-0.3, -0.25) is 24.0 Å². The number of hydrogen-bond donors (Lipinski definition) is 7. The first-order chi connectivity index (χ1) is 15.9. The fourth-order valence-electron chi connectivity index (χ4n) is 3.01. The summed E-state index contributed by atoms with van der Waals surface area (Å²) < 4.78 is 0. The molecule has 0 heterocycles. The molecule has 194 valence electrons. The molecule has 3 amide bonds. The molecule has 0 saturated heterocycles. The molecule has 9 N–H and O–H groups in total. The van der Waals surface area contributed by atoms with Gasteiger partial charge in [-0.05, 0) is 44.6 Å². The van der Waals surface area contributed by atoms with Gasteiger partial charge >= 0.3 is 11.9 Å². The quantitative estimate of drug-likeness (QED) is 0.0871. The van der Waals surface area contributed by atoms with Gasteiger partial charge in [0.1, 0.15) is 18.4 Å². The van der Waals surface area contributed by atoms with Crippen molar-refractivity contribution >= 4 is 35.9 Å². The summed E-state index contributed by atoms with van der Waals surface area (Å²) in [6.45, 7) is 3.99. The Kier molecular flexibility index (Phi) is 15.0. The molecule has 34 heavy (non-hydrogen) atoms. The number of carboxylic acids is 2. The smallest absolute Gasteiger partial charge is 0.305 e. The number of amides is 3. The van der Waals surface area contributed by atoms with Crippen LogP contribution in [-0.2, 0) is 28.8 Å². The molecule has 0 aliphatic rings. The van der Waals surface area contributed by atoms with E-state index in [1.807, 2.05) is 0 Å². The Hall–Kier alpha value is -3.06. The normalized spacial score (nSPS) is 14.4. The predicted octanol–water partition coefficient (Wildman–Crippen LogP) is -1.52. The van der Waals surface area contributed by atoms with E-state index in [0.29, 0.717) is 32.1 Å². The van der Waals surface area contributed by atoms with Crippen LogP contribution in [-0.4, -0.2) is 76.9 Å². The van der Waals surface area contributed by atoms with Crippen LogP contribution in [0.5, 0.6) is 0 Å². The van der Waals surface area contributed by atoms with E-state index in [1.165, 1.54) is 0 Å². The molecule has 0 radical (unpaired) electrons. The predicted molar refractivity (Wildman–Crippen MR) is 121 cm³/mol. The molecule has 4 atom stereocenters. The summed E-state index contributed by atoms with van der Waals surface area (Å²) in [6, 6.07) is -4.67. The number of unbranched alkanes of at least 4 members (excludes halogenated alkanes) is 1. The van der Waals surface area contributed by atoms with Crippen LogP contribution in [0.1, 0.15) is 58.8 Å². The highest BCUT2D eigenvalue weighted by molar-refractivity contribution is 5.95. The second-order valence-corrected chi connectivity index (χ2v) is 8.42. The summed E-state index contributed by atoms with van der Waals surface area (Å²) in [7, 11) is 0. The first kappa shape index (κ1) is 30.9. The van der Waals surface area contributed by atoms with Crippen molar-refractivity contribution in [2.24, 2.45) is 17.4 Å². The number of carbonyl (C=O) groups excluding carboxylic acids is 4. The second-order valence-electron chi connectivity index (χ2n) is 8.42. The highest BCUT2D eigenvalue weighted by Gasteiger charge is 2.30. The zero-order valence-corrected chi connectivity index (χ0v) is 19.6. The Balaban J connectivity index is 5.35. The Morgan fingerprint density at radius 3 is 1.94 bits per heavy atom. The Bertz CT molecular complexity index is 715. The Labute approximate surface area is 198 Å². The van der Waals surface area contributed by atoms with Crippen LogP contribution in [0.4, 0.5) is 0 Å². The van der Waals surface area contributed by atoms with Crippen molar-refractivity contribution in [3.8, 4) is 0 Å². The molecular weight excluding hydrogens is 450 g/mol. The third-order valence-electron chi connectivity index (χ3n) is 4.82. The standard InChI is InChI=1S/C21H37N5O8/c1-12(2)9-15(25-19(32)14(23)6-7-17(28)29)21(34)26-16(10-18(30)31)20(33)24-13(11-27)5-3-4-8-22/h11-16H,3-10,22-23H2,1-2H3,(H,24,33)(H,25,32)(H,26,34)(H,28,29)(H,30,31)/t13-,14-,15-,16-/m0/s1. The molecule has 0 aromatic heterocycles. The number of aldehydes is 1. The monoisotopic (exact) mass is 487 g/mol. The molecule has 13 heteroatoms. The largest absolute Gasteiger partial charge is 0.481 e. The van der Waals surface area contributed by atoms with Crippen LogP contribution in [0.25, 0.3) is 0 Å². The number of carboxylic acid groups (broad SMARTS) is 2. The van der Waals surface area contributed by atoms with Crippen molar-refractivity contribution in [3.05, 3.63) is 0 Å². The van der Waals surface area contributed by atoms with E-state index < -0.39 is 60.2 Å². The lowest BCUT2D eigenvalue weighted by Crippen LogP contribution is -2.57. The van der Waals surface area contributed by atoms with E-state index in [-0.39, 0.29) is 25.2 Å². The van der Waals surface area contributed by atoms with Crippen molar-refractivity contribution in [1.29, 1.82) is 0 Å². The average Bonchev–Trinajstić information content (AvgIpc) is 2.74. The zero-order chi connectivity index (χ0) is 26.3. The lowest BCUT2D eigenvalue weighted by Gasteiger charge is -2.25. The van der Waals surface area contributed by atoms with Crippen molar-refractivity contribution in [2.75, 3.05) is 6.54 Å². The van der Waals surface area contributed by atoms with Gasteiger partial charge in [-0.15, -0.1) is 0 Å². The molecule has 0 aliphatic carbocycles. The van der Waals surface area contributed by atoms with Crippen LogP contribution in [0, 0.1) is 5.92 Å². The molecular formula is C21H37N5O8. The average molecular weight is 488 g/mol. The summed E-state index contributed by atoms with van der Waals surface area (Å²) in [5.41, 5.74) is 11.1. The molecule has 0 aliphatic heterocycles. The lowest BCUT2D eigenvalue weighted by molar-refractivity contribution is -0.141. The van der Waals surface area contributed by atoms with Gasteiger partial charge in [-0.1, -0.05) is 13.8 Å². The summed E-state index contributed by atoms with van der Waals surface area (Å²) in [5, 5.41) is 25.1. The molecule has 0 aromatic carbocycles. The SMILES string of the molecule is CC(C)C[C@H](NC(=O)[C@@H](N)CCC(=O)O)C(=O)N[C@@H](CC(=O)O)C(=O)N[C@H](C=O)CCCCN. The highest BCUT2D eigenvalue weighted by atomic mass is 16.4. The minimum absolute atomic E-state index is 0.0694. The molecule has 0 unspecified atom stereocenters. The molecule has 0 saturated carbocycles. The van der Waals surface area contributed by atoms with E-state index in [4.69, 9.17) is 21.7 Å². The second kappa shape index (κ2) is 16.5. The number of nitrogens with one attached hydrogen (secondary N) is 3. The zero-order valence-electron chi connectivity index (χ0n) is 19.6. The summed E-state index contributed by atoms with van der Waals surface area (Å²) in [6.07, 6.45) is 0.974. The molecule has 0 aromatic rings. The van der Waals surface area contributed by atoms with Crippen LogP contribution >= 0.6 is 0 Å². The Morgan fingerprint density at radius 1 is 0.853 bits per heavy atom. The number of nitrogens with two attached hydrogens (primary N) is 2. The van der Waals surface area contributed by atoms with Crippen molar-refractivity contribution in [3.63, 3.8) is 0 Å². The van der Waals surface area contributed by atoms with Gasteiger partial charge in [0.15, 0.2) is 0 Å². The molecule has 0 rings (SSSR count). The van der Waals surface area contributed by atoms with Crippen LogP contribution in [0.3, 0.4) is 0 Å². The maximum Gasteiger partial charge on any atom is 0.305 e. The van der Waals surface area contributed by atoms with E-state index >= 15 is 0 Å². The lowest BCUT2D eigenvalue weighted by atomic mass is 10.0. The maximum absolute atomic E-state index is 12.8. The fraction of sp³-hybridized carbons (Fsp3) is 0.714. The minimum atomic E-state index is -1.49. The molecule has 0 fully saturated rings. The number of aliphatic carboxylic acids is 2. The summed E-state index contributed by atoms with van der Waals surface area (Å²) >= 11 is 0.